The molecular weight excluding hydrogens is 492 g/mol. The lowest BCUT2D eigenvalue weighted by Gasteiger charge is -2.08. The summed E-state index contributed by atoms with van der Waals surface area (Å²) in [5, 5.41) is 4.22. The van der Waals surface area contributed by atoms with Crippen LogP contribution in [-0.2, 0) is 10.0 Å². The maximum Gasteiger partial charge on any atom is 0.343 e. The fourth-order valence-corrected chi connectivity index (χ4v) is 3.69. The maximum absolute atomic E-state index is 12.4. The van der Waals surface area contributed by atoms with Crippen molar-refractivity contribution in [3.8, 4) is 5.75 Å². The Labute approximate surface area is 187 Å². The van der Waals surface area contributed by atoms with Crippen LogP contribution >= 0.6 is 27.5 Å². The number of esters is 1. The quantitative estimate of drug-likeness (QED) is 0.222. The van der Waals surface area contributed by atoms with Crippen molar-refractivity contribution in [3.05, 3.63) is 92.9 Å². The second-order valence-corrected chi connectivity index (χ2v) is 9.26. The van der Waals surface area contributed by atoms with Gasteiger partial charge in [-0.15, -0.1) is 0 Å². The minimum Gasteiger partial charge on any atom is -0.422 e. The molecule has 154 valence electrons. The molecule has 3 aromatic carbocycles. The van der Waals surface area contributed by atoms with Crippen LogP contribution in [0.15, 0.2) is 81.2 Å². The van der Waals surface area contributed by atoms with E-state index in [1.165, 1.54) is 30.5 Å². The van der Waals surface area contributed by atoms with Gasteiger partial charge >= 0.3 is 5.97 Å². The van der Waals surface area contributed by atoms with Crippen molar-refractivity contribution in [3.63, 3.8) is 0 Å². The predicted molar refractivity (Wildman–Crippen MR) is 120 cm³/mol. The molecule has 1 N–H and O–H groups in total. The molecule has 0 aliphatic carbocycles. The molecule has 9 heteroatoms. The molecule has 0 amide bonds. The van der Waals surface area contributed by atoms with Crippen LogP contribution in [0.4, 0.5) is 0 Å². The molecule has 0 atom stereocenters. The summed E-state index contributed by atoms with van der Waals surface area (Å²) in [4.78, 5) is 14.5. The highest BCUT2D eigenvalue weighted by atomic mass is 79.9. The lowest BCUT2D eigenvalue weighted by atomic mass is 10.1. The number of halogens is 2. The van der Waals surface area contributed by atoms with Gasteiger partial charge in [-0.2, -0.15) is 13.5 Å². The summed E-state index contributed by atoms with van der Waals surface area (Å²) in [5.41, 5.74) is 1.83. The Kier molecular flexibility index (Phi) is 6.91. The second-order valence-electron chi connectivity index (χ2n) is 6.24. The topological polar surface area (TPSA) is 84.8 Å². The fourth-order valence-electron chi connectivity index (χ4n) is 2.39. The van der Waals surface area contributed by atoms with E-state index in [0.29, 0.717) is 20.6 Å². The Bertz CT molecular complexity index is 1190. The normalized spacial score (nSPS) is 11.4. The van der Waals surface area contributed by atoms with E-state index in [1.54, 1.807) is 30.3 Å². The lowest BCUT2D eigenvalue weighted by molar-refractivity contribution is 0.0734. The number of carbonyl (C=O) groups excluding carboxylic acids is 1. The Morgan fingerprint density at radius 2 is 1.73 bits per heavy atom. The van der Waals surface area contributed by atoms with Gasteiger partial charge in [-0.1, -0.05) is 45.2 Å². The molecule has 0 aromatic heterocycles. The van der Waals surface area contributed by atoms with Crippen molar-refractivity contribution in [2.75, 3.05) is 0 Å². The smallest absolute Gasteiger partial charge is 0.343 e. The number of rotatable bonds is 6. The molecule has 3 rings (SSSR count). The van der Waals surface area contributed by atoms with Crippen LogP contribution in [0, 0.1) is 6.92 Å². The van der Waals surface area contributed by atoms with Gasteiger partial charge in [-0.25, -0.2) is 9.63 Å². The Hall–Kier alpha value is -2.68. The molecule has 0 saturated heterocycles. The van der Waals surface area contributed by atoms with Gasteiger partial charge in [0, 0.05) is 15.1 Å². The van der Waals surface area contributed by atoms with Gasteiger partial charge in [0.05, 0.1) is 16.7 Å². The minimum atomic E-state index is -3.87. The molecule has 30 heavy (non-hydrogen) atoms. The van der Waals surface area contributed by atoms with E-state index < -0.39 is 16.0 Å². The largest absolute Gasteiger partial charge is 0.422 e. The Morgan fingerprint density at radius 1 is 1.07 bits per heavy atom. The van der Waals surface area contributed by atoms with E-state index in [4.69, 9.17) is 16.3 Å². The number of benzene rings is 3. The van der Waals surface area contributed by atoms with Gasteiger partial charge in [0.25, 0.3) is 10.0 Å². The molecule has 0 aliphatic rings. The lowest BCUT2D eigenvalue weighted by Crippen LogP contribution is -2.18. The molecule has 3 aromatic rings. The van der Waals surface area contributed by atoms with Crippen molar-refractivity contribution in [2.45, 2.75) is 11.8 Å². The average Bonchev–Trinajstić information content (AvgIpc) is 2.70. The predicted octanol–water partition coefficient (Wildman–Crippen LogP) is 4.94. The van der Waals surface area contributed by atoms with E-state index >= 15 is 0 Å². The third-order valence-corrected chi connectivity index (χ3v) is 5.95. The van der Waals surface area contributed by atoms with Crippen molar-refractivity contribution in [1.29, 1.82) is 0 Å². The minimum absolute atomic E-state index is 0.0179. The van der Waals surface area contributed by atoms with Crippen molar-refractivity contribution in [1.82, 2.24) is 4.83 Å². The number of nitrogens with one attached hydrogen (secondary N) is 1. The SMILES string of the molecule is Cc1ccc(C(=O)Oc2ccc(Br)cc2/C=N/NS(=O)(=O)c2ccc(Cl)cc2)cc1. The number of nitrogens with zero attached hydrogens (tertiary/aromatic N) is 1. The van der Waals surface area contributed by atoms with Gasteiger partial charge in [0.15, 0.2) is 0 Å². The molecule has 0 radical (unpaired) electrons. The van der Waals surface area contributed by atoms with E-state index in [-0.39, 0.29) is 10.6 Å². The Morgan fingerprint density at radius 3 is 2.40 bits per heavy atom. The third-order valence-electron chi connectivity index (χ3n) is 3.96. The maximum atomic E-state index is 12.4. The number of sulfonamides is 1. The van der Waals surface area contributed by atoms with E-state index in [9.17, 15) is 13.2 Å². The molecule has 0 spiro atoms. The van der Waals surface area contributed by atoms with Crippen LogP contribution in [-0.4, -0.2) is 20.6 Å². The number of hydrogen-bond acceptors (Lipinski definition) is 5. The zero-order valence-corrected chi connectivity index (χ0v) is 18.8. The number of hydrogen-bond donors (Lipinski definition) is 1. The molecule has 0 bridgehead atoms. The molecule has 0 aliphatic heterocycles. The van der Waals surface area contributed by atoms with E-state index in [2.05, 4.69) is 25.9 Å². The highest BCUT2D eigenvalue weighted by Gasteiger charge is 2.14. The van der Waals surface area contributed by atoms with Crippen molar-refractivity contribution >= 4 is 49.7 Å². The van der Waals surface area contributed by atoms with Gasteiger partial charge < -0.3 is 4.74 Å². The molecule has 0 heterocycles. The monoisotopic (exact) mass is 506 g/mol. The van der Waals surface area contributed by atoms with Crippen LogP contribution in [0.3, 0.4) is 0 Å². The molecular formula is C21H16BrClN2O4S. The number of carbonyl (C=O) groups is 1. The first kappa shape index (κ1) is 22.0. The second kappa shape index (κ2) is 9.42. The van der Waals surface area contributed by atoms with Gasteiger partial charge in [0.1, 0.15) is 5.75 Å². The summed E-state index contributed by atoms with van der Waals surface area (Å²) in [6.45, 7) is 1.92. The van der Waals surface area contributed by atoms with Gasteiger partial charge in [-0.05, 0) is 61.5 Å². The van der Waals surface area contributed by atoms with Gasteiger partial charge in [0.2, 0.25) is 0 Å². The average molecular weight is 508 g/mol. The summed E-state index contributed by atoms with van der Waals surface area (Å²) in [6, 6.07) is 17.6. The summed E-state index contributed by atoms with van der Waals surface area (Å²) in [7, 11) is -3.87. The van der Waals surface area contributed by atoms with Crippen LogP contribution in [0.5, 0.6) is 5.75 Å². The highest BCUT2D eigenvalue weighted by Crippen LogP contribution is 2.23. The summed E-state index contributed by atoms with van der Waals surface area (Å²) in [6.07, 6.45) is 1.26. The zero-order valence-electron chi connectivity index (χ0n) is 15.7. The van der Waals surface area contributed by atoms with Crippen LogP contribution in [0.2, 0.25) is 5.02 Å². The third kappa shape index (κ3) is 5.69. The zero-order chi connectivity index (χ0) is 21.7. The summed E-state index contributed by atoms with van der Waals surface area (Å²) >= 11 is 9.12. The first-order chi connectivity index (χ1) is 14.2. The number of ether oxygens (including phenoxy) is 1. The first-order valence-corrected chi connectivity index (χ1v) is 11.3. The highest BCUT2D eigenvalue weighted by molar-refractivity contribution is 9.10. The van der Waals surface area contributed by atoms with Crippen LogP contribution in [0.25, 0.3) is 0 Å². The summed E-state index contributed by atoms with van der Waals surface area (Å²) < 4.78 is 30.8. The van der Waals surface area contributed by atoms with E-state index in [0.717, 1.165) is 5.56 Å². The summed E-state index contributed by atoms with van der Waals surface area (Å²) in [5.74, 6) is -0.299. The van der Waals surface area contributed by atoms with Crippen LogP contribution < -0.4 is 9.57 Å². The number of aryl methyl sites for hydroxylation is 1. The first-order valence-electron chi connectivity index (χ1n) is 8.63. The molecule has 0 unspecified atom stereocenters. The standard InChI is InChI=1S/C21H16BrClN2O4S/c1-14-2-4-15(5-3-14)21(26)29-20-11-6-17(22)12-16(20)13-24-25-30(27,28)19-9-7-18(23)8-10-19/h2-13,25H,1H3/b24-13+. The van der Waals surface area contributed by atoms with Crippen molar-refractivity contribution in [2.24, 2.45) is 5.10 Å². The molecule has 6 nitrogen and oxygen atoms in total. The Balaban J connectivity index is 1.78. The van der Waals surface area contributed by atoms with Gasteiger partial charge in [-0.3, -0.25) is 0 Å². The number of hydrazone groups is 1. The fraction of sp³-hybridized carbons (Fsp3) is 0.0476. The van der Waals surface area contributed by atoms with E-state index in [1.807, 2.05) is 19.1 Å². The van der Waals surface area contributed by atoms with Crippen molar-refractivity contribution < 1.29 is 17.9 Å². The molecule has 0 saturated carbocycles. The molecule has 0 fully saturated rings. The van der Waals surface area contributed by atoms with Crippen LogP contribution in [0.1, 0.15) is 21.5 Å².